The number of rotatable bonds is 3. The van der Waals surface area contributed by atoms with Gasteiger partial charge in [-0.05, 0) is 74.3 Å². The Morgan fingerprint density at radius 3 is 2.47 bits per heavy atom. The molecule has 4 aliphatic rings. The molecule has 1 unspecified atom stereocenters. The SMILES string of the molecule is CC(=O)O[C@@]1(C(=O)CO)CC[C@H]2[C@@H]3CC(C)C4=CC(=O)C=C(O)[C@]4(C)[C@H]3CC[C@@]21C. The molecule has 0 heterocycles. The number of carbonyl (C=O) groups excluding carboxylic acids is 3. The molecule has 0 aliphatic heterocycles. The number of esters is 1. The van der Waals surface area contributed by atoms with E-state index in [2.05, 4.69) is 6.92 Å². The molecule has 30 heavy (non-hydrogen) atoms. The third-order valence-electron chi connectivity index (χ3n) is 9.08. The van der Waals surface area contributed by atoms with Crippen LogP contribution in [-0.2, 0) is 19.1 Å². The average molecular weight is 417 g/mol. The molecule has 3 fully saturated rings. The number of Topliss-reactive ketones (excluding diaryl/α,β-unsaturated/α-hetero) is 1. The molecule has 4 rings (SSSR count). The molecule has 6 heteroatoms. The second-order valence-corrected chi connectivity index (χ2v) is 10.2. The minimum atomic E-state index is -1.29. The number of carbonyl (C=O) groups is 3. The zero-order valence-electron chi connectivity index (χ0n) is 18.2. The van der Waals surface area contributed by atoms with Crippen molar-refractivity contribution in [3.05, 3.63) is 23.5 Å². The molecule has 4 aliphatic carbocycles. The fraction of sp³-hybridized carbons (Fsp3) is 0.708. The smallest absolute Gasteiger partial charge is 0.303 e. The molecule has 6 nitrogen and oxygen atoms in total. The van der Waals surface area contributed by atoms with Crippen LogP contribution in [0.1, 0.15) is 59.8 Å². The molecule has 0 aromatic carbocycles. The maximum atomic E-state index is 12.9. The lowest BCUT2D eigenvalue weighted by Gasteiger charge is -2.59. The number of ether oxygens (including phenoxy) is 1. The lowest BCUT2D eigenvalue weighted by atomic mass is 9.45. The maximum absolute atomic E-state index is 12.9. The second kappa shape index (κ2) is 6.78. The summed E-state index contributed by atoms with van der Waals surface area (Å²) < 4.78 is 5.73. The number of ketones is 2. The Balaban J connectivity index is 1.77. The molecular formula is C24H32O6. The Hall–Kier alpha value is -1.95. The van der Waals surface area contributed by atoms with Crippen molar-refractivity contribution in [3.63, 3.8) is 0 Å². The van der Waals surface area contributed by atoms with E-state index in [1.807, 2.05) is 13.8 Å². The van der Waals surface area contributed by atoms with Gasteiger partial charge in [0.1, 0.15) is 12.4 Å². The molecule has 164 valence electrons. The monoisotopic (exact) mass is 416 g/mol. The van der Waals surface area contributed by atoms with Gasteiger partial charge in [0.15, 0.2) is 11.4 Å². The van der Waals surface area contributed by atoms with Crippen LogP contribution in [0.4, 0.5) is 0 Å². The van der Waals surface area contributed by atoms with Gasteiger partial charge in [0.05, 0.1) is 0 Å². The van der Waals surface area contributed by atoms with Gasteiger partial charge in [-0.1, -0.05) is 13.8 Å². The van der Waals surface area contributed by atoms with Crippen molar-refractivity contribution in [2.24, 2.45) is 34.5 Å². The van der Waals surface area contributed by atoms with Gasteiger partial charge in [-0.25, -0.2) is 0 Å². The quantitative estimate of drug-likeness (QED) is 0.685. The van der Waals surface area contributed by atoms with Crippen LogP contribution in [-0.4, -0.2) is 40.0 Å². The first-order chi connectivity index (χ1) is 14.0. The summed E-state index contributed by atoms with van der Waals surface area (Å²) in [6.45, 7) is 6.86. The Morgan fingerprint density at radius 2 is 1.83 bits per heavy atom. The molecule has 0 aromatic rings. The number of aliphatic hydroxyl groups excluding tert-OH is 2. The first kappa shape index (κ1) is 21.3. The molecule has 0 saturated heterocycles. The van der Waals surface area contributed by atoms with E-state index in [1.165, 1.54) is 13.0 Å². The number of fused-ring (bicyclic) bond motifs is 5. The van der Waals surface area contributed by atoms with Gasteiger partial charge in [0, 0.05) is 23.8 Å². The summed E-state index contributed by atoms with van der Waals surface area (Å²) >= 11 is 0. The Kier molecular flexibility index (Phi) is 4.81. The van der Waals surface area contributed by atoms with E-state index in [-0.39, 0.29) is 35.2 Å². The number of hydrogen-bond acceptors (Lipinski definition) is 6. The van der Waals surface area contributed by atoms with Gasteiger partial charge in [0.2, 0.25) is 5.78 Å². The third-order valence-corrected chi connectivity index (χ3v) is 9.08. The van der Waals surface area contributed by atoms with E-state index in [4.69, 9.17) is 4.74 Å². The van der Waals surface area contributed by atoms with E-state index >= 15 is 0 Å². The van der Waals surface area contributed by atoms with Crippen molar-refractivity contribution in [1.29, 1.82) is 0 Å². The molecule has 3 saturated carbocycles. The van der Waals surface area contributed by atoms with Gasteiger partial charge in [0.25, 0.3) is 0 Å². The predicted octanol–water partition coefficient (Wildman–Crippen LogP) is 3.29. The highest BCUT2D eigenvalue weighted by Crippen LogP contribution is 2.69. The first-order valence-electron chi connectivity index (χ1n) is 11.0. The fourth-order valence-corrected chi connectivity index (χ4v) is 7.76. The van der Waals surface area contributed by atoms with E-state index in [1.54, 1.807) is 6.08 Å². The highest BCUT2D eigenvalue weighted by Gasteiger charge is 2.69. The van der Waals surface area contributed by atoms with Crippen LogP contribution < -0.4 is 0 Å². The van der Waals surface area contributed by atoms with Gasteiger partial charge < -0.3 is 14.9 Å². The minimum Gasteiger partial charge on any atom is -0.511 e. The van der Waals surface area contributed by atoms with Gasteiger partial charge in [-0.2, -0.15) is 0 Å². The van der Waals surface area contributed by atoms with E-state index in [0.29, 0.717) is 12.8 Å². The van der Waals surface area contributed by atoms with Crippen LogP contribution in [0.5, 0.6) is 0 Å². The van der Waals surface area contributed by atoms with Gasteiger partial charge in [-0.3, -0.25) is 14.4 Å². The summed E-state index contributed by atoms with van der Waals surface area (Å²) in [5.74, 6) is -0.273. The van der Waals surface area contributed by atoms with Crippen molar-refractivity contribution < 1.29 is 29.3 Å². The summed E-state index contributed by atoms with van der Waals surface area (Å²) in [5.41, 5.74) is -1.41. The fourth-order valence-electron chi connectivity index (χ4n) is 7.76. The van der Waals surface area contributed by atoms with Crippen molar-refractivity contribution in [1.82, 2.24) is 0 Å². The van der Waals surface area contributed by atoms with E-state index < -0.39 is 34.8 Å². The second-order valence-electron chi connectivity index (χ2n) is 10.2. The highest BCUT2D eigenvalue weighted by atomic mass is 16.6. The van der Waals surface area contributed by atoms with Crippen molar-refractivity contribution in [2.45, 2.75) is 65.4 Å². The Labute approximate surface area is 177 Å². The molecule has 0 bridgehead atoms. The zero-order valence-corrected chi connectivity index (χ0v) is 18.2. The van der Waals surface area contributed by atoms with Crippen LogP contribution >= 0.6 is 0 Å². The zero-order chi connectivity index (χ0) is 22.1. The van der Waals surface area contributed by atoms with Crippen molar-refractivity contribution in [3.8, 4) is 0 Å². The maximum Gasteiger partial charge on any atom is 0.303 e. The van der Waals surface area contributed by atoms with Crippen LogP contribution in [0, 0.1) is 34.5 Å². The van der Waals surface area contributed by atoms with Crippen molar-refractivity contribution in [2.75, 3.05) is 6.61 Å². The van der Waals surface area contributed by atoms with Crippen molar-refractivity contribution >= 4 is 17.5 Å². The lowest BCUT2D eigenvalue weighted by Crippen LogP contribution is -2.60. The molecule has 2 N–H and O–H groups in total. The largest absolute Gasteiger partial charge is 0.511 e. The average Bonchev–Trinajstić information content (AvgIpc) is 2.96. The third kappa shape index (κ3) is 2.55. The summed E-state index contributed by atoms with van der Waals surface area (Å²) in [5, 5.41) is 20.6. The van der Waals surface area contributed by atoms with Gasteiger partial charge in [-0.15, -0.1) is 0 Å². The normalized spacial score (nSPS) is 44.9. The molecule has 0 spiro atoms. The molecule has 7 atom stereocenters. The van der Waals surface area contributed by atoms with Crippen LogP contribution in [0.25, 0.3) is 0 Å². The minimum absolute atomic E-state index is 0.135. The molecule has 0 aromatic heterocycles. The van der Waals surface area contributed by atoms with Crippen LogP contribution in [0.15, 0.2) is 23.5 Å². The summed E-state index contributed by atoms with van der Waals surface area (Å²) in [6.07, 6.45) is 6.49. The number of aliphatic hydroxyl groups is 2. The summed E-state index contributed by atoms with van der Waals surface area (Å²) in [7, 11) is 0. The molecular weight excluding hydrogens is 384 g/mol. The molecule has 0 radical (unpaired) electrons. The standard InChI is InChI=1S/C24H32O6/c1-13-9-16-17-6-8-24(21(29)12-25,30-14(2)26)22(17,3)7-5-18(16)23(4)19(13)10-15(27)11-20(23)28/h10-11,13,16-18,25,28H,5-9,12H2,1-4H3/t13?,16-,17-,18-,22-,23+,24+/m0/s1. The van der Waals surface area contributed by atoms with E-state index in [9.17, 15) is 24.6 Å². The topological polar surface area (TPSA) is 101 Å². The Bertz CT molecular complexity index is 871. The van der Waals surface area contributed by atoms with E-state index in [0.717, 1.165) is 24.8 Å². The lowest BCUT2D eigenvalue weighted by molar-refractivity contribution is -0.189. The summed E-state index contributed by atoms with van der Waals surface area (Å²) in [6, 6.07) is 0. The molecule has 0 amide bonds. The van der Waals surface area contributed by atoms with Crippen LogP contribution in [0.2, 0.25) is 0 Å². The first-order valence-corrected chi connectivity index (χ1v) is 11.0. The van der Waals surface area contributed by atoms with Gasteiger partial charge >= 0.3 is 5.97 Å². The Morgan fingerprint density at radius 1 is 1.17 bits per heavy atom. The summed E-state index contributed by atoms with van der Waals surface area (Å²) in [4.78, 5) is 36.9. The number of allylic oxidation sites excluding steroid dienone is 3. The van der Waals surface area contributed by atoms with Crippen LogP contribution in [0.3, 0.4) is 0 Å². The predicted molar refractivity (Wildman–Crippen MR) is 109 cm³/mol. The number of hydrogen-bond donors (Lipinski definition) is 2. The highest BCUT2D eigenvalue weighted by molar-refractivity contribution is 6.01.